The molecule has 2 aromatic rings. The topological polar surface area (TPSA) is 12.0 Å². The predicted octanol–water partition coefficient (Wildman–Crippen LogP) is 5.22. The van der Waals surface area contributed by atoms with Crippen LogP contribution in [-0.2, 0) is 12.8 Å². The Labute approximate surface area is 144 Å². The van der Waals surface area contributed by atoms with E-state index in [4.69, 9.17) is 0 Å². The minimum atomic E-state index is 0.586. The van der Waals surface area contributed by atoms with Gasteiger partial charge in [0.2, 0.25) is 0 Å². The molecule has 112 valence electrons. The summed E-state index contributed by atoms with van der Waals surface area (Å²) in [6, 6.07) is 17.0. The van der Waals surface area contributed by atoms with Gasteiger partial charge in [-0.2, -0.15) is 0 Å². The van der Waals surface area contributed by atoms with Crippen molar-refractivity contribution in [1.29, 1.82) is 0 Å². The largest absolute Gasteiger partial charge is 0.317 e. The Morgan fingerprint density at radius 1 is 0.857 bits per heavy atom. The summed E-state index contributed by atoms with van der Waals surface area (Å²) < 4.78 is 2.41. The second-order valence-electron chi connectivity index (χ2n) is 5.26. The lowest BCUT2D eigenvalue weighted by atomic mass is 9.92. The fraction of sp³-hybridized carbons (Fsp3) is 0.333. The minimum absolute atomic E-state index is 0.586. The van der Waals surface area contributed by atoms with Crippen LogP contribution in [0.2, 0.25) is 0 Å². The van der Waals surface area contributed by atoms with Gasteiger partial charge in [0.1, 0.15) is 0 Å². The monoisotopic (exact) mass is 409 g/mol. The highest BCUT2D eigenvalue weighted by molar-refractivity contribution is 9.10. The van der Waals surface area contributed by atoms with Crippen molar-refractivity contribution >= 4 is 31.9 Å². The van der Waals surface area contributed by atoms with Gasteiger partial charge in [-0.25, -0.2) is 0 Å². The van der Waals surface area contributed by atoms with E-state index in [0.717, 1.165) is 25.9 Å². The summed E-state index contributed by atoms with van der Waals surface area (Å²) in [5.41, 5.74) is 2.76. The van der Waals surface area contributed by atoms with Crippen LogP contribution in [0.15, 0.2) is 57.5 Å². The molecule has 0 aliphatic rings. The van der Waals surface area contributed by atoms with Crippen molar-refractivity contribution in [1.82, 2.24) is 5.32 Å². The smallest absolute Gasteiger partial charge is 0.0207 e. The van der Waals surface area contributed by atoms with Crippen molar-refractivity contribution in [3.05, 3.63) is 68.6 Å². The molecule has 3 heteroatoms. The van der Waals surface area contributed by atoms with Crippen LogP contribution in [0.1, 0.15) is 18.1 Å². The third kappa shape index (κ3) is 5.24. The molecule has 0 amide bonds. The Bertz CT molecular complexity index is 521. The normalized spacial score (nSPS) is 11.0. The van der Waals surface area contributed by atoms with Crippen LogP contribution < -0.4 is 5.32 Å². The summed E-state index contributed by atoms with van der Waals surface area (Å²) in [5, 5.41) is 3.50. The predicted molar refractivity (Wildman–Crippen MR) is 97.7 cm³/mol. The van der Waals surface area contributed by atoms with Gasteiger partial charge >= 0.3 is 0 Å². The van der Waals surface area contributed by atoms with Crippen molar-refractivity contribution in [3.8, 4) is 0 Å². The maximum atomic E-state index is 3.66. The average Bonchev–Trinajstić information content (AvgIpc) is 2.49. The van der Waals surface area contributed by atoms with Crippen molar-refractivity contribution in [2.24, 2.45) is 5.92 Å². The van der Waals surface area contributed by atoms with Crippen LogP contribution in [0.3, 0.4) is 0 Å². The van der Waals surface area contributed by atoms with Gasteiger partial charge in [-0.05, 0) is 55.1 Å². The Kier molecular flexibility index (Phi) is 6.94. The molecule has 21 heavy (non-hydrogen) atoms. The zero-order valence-corrected chi connectivity index (χ0v) is 15.5. The quantitative estimate of drug-likeness (QED) is 0.659. The zero-order valence-electron chi connectivity index (χ0n) is 12.3. The number of halogens is 2. The first-order valence-electron chi connectivity index (χ1n) is 7.38. The summed E-state index contributed by atoms with van der Waals surface area (Å²) >= 11 is 7.33. The summed E-state index contributed by atoms with van der Waals surface area (Å²) in [4.78, 5) is 0. The van der Waals surface area contributed by atoms with Crippen molar-refractivity contribution < 1.29 is 0 Å². The van der Waals surface area contributed by atoms with Crippen LogP contribution in [0, 0.1) is 5.92 Å². The molecule has 0 aliphatic heterocycles. The van der Waals surface area contributed by atoms with Gasteiger partial charge < -0.3 is 5.32 Å². The lowest BCUT2D eigenvalue weighted by molar-refractivity contribution is 0.477. The van der Waals surface area contributed by atoms with Crippen LogP contribution in [0.25, 0.3) is 0 Å². The molecule has 1 nitrogen and oxygen atoms in total. The molecular formula is C18H21Br2N. The Morgan fingerprint density at radius 2 is 1.33 bits per heavy atom. The molecule has 0 radical (unpaired) electrons. The Balaban J connectivity index is 2.11. The SMILES string of the molecule is CCNCC(Cc1ccccc1Br)Cc1ccccc1Br. The Hall–Kier alpha value is -0.640. The number of benzene rings is 2. The maximum Gasteiger partial charge on any atom is 0.0207 e. The van der Waals surface area contributed by atoms with Crippen LogP contribution in [-0.4, -0.2) is 13.1 Å². The molecule has 0 aliphatic carbocycles. The van der Waals surface area contributed by atoms with Crippen LogP contribution in [0.4, 0.5) is 0 Å². The molecule has 0 bridgehead atoms. The van der Waals surface area contributed by atoms with E-state index >= 15 is 0 Å². The molecule has 2 aromatic carbocycles. The molecule has 0 saturated carbocycles. The molecule has 0 heterocycles. The van der Waals surface area contributed by atoms with E-state index in [1.807, 2.05) is 0 Å². The minimum Gasteiger partial charge on any atom is -0.317 e. The lowest BCUT2D eigenvalue weighted by Crippen LogP contribution is -2.26. The molecule has 0 saturated heterocycles. The van der Waals surface area contributed by atoms with E-state index in [2.05, 4.69) is 92.6 Å². The number of rotatable bonds is 7. The summed E-state index contributed by atoms with van der Waals surface area (Å²) in [7, 11) is 0. The third-order valence-electron chi connectivity index (χ3n) is 3.62. The van der Waals surface area contributed by atoms with E-state index in [0.29, 0.717) is 5.92 Å². The standard InChI is InChI=1S/C18H21Br2N/c1-2-21-13-14(11-15-7-3-5-9-17(15)19)12-16-8-4-6-10-18(16)20/h3-10,14,21H,2,11-13H2,1H3. The van der Waals surface area contributed by atoms with E-state index in [1.165, 1.54) is 20.1 Å². The first-order valence-corrected chi connectivity index (χ1v) is 8.96. The molecule has 0 fully saturated rings. The second-order valence-corrected chi connectivity index (χ2v) is 6.97. The van der Waals surface area contributed by atoms with Gasteiger partial charge in [0.25, 0.3) is 0 Å². The first kappa shape index (κ1) is 16.7. The molecule has 1 N–H and O–H groups in total. The van der Waals surface area contributed by atoms with E-state index in [9.17, 15) is 0 Å². The summed E-state index contributed by atoms with van der Waals surface area (Å²) in [6.07, 6.45) is 2.16. The third-order valence-corrected chi connectivity index (χ3v) is 5.16. The van der Waals surface area contributed by atoms with Gasteiger partial charge in [0.05, 0.1) is 0 Å². The lowest BCUT2D eigenvalue weighted by Gasteiger charge is -2.19. The fourth-order valence-corrected chi connectivity index (χ4v) is 3.41. The van der Waals surface area contributed by atoms with E-state index in [1.54, 1.807) is 0 Å². The number of nitrogens with one attached hydrogen (secondary N) is 1. The number of hydrogen-bond acceptors (Lipinski definition) is 1. The second kappa shape index (κ2) is 8.72. The van der Waals surface area contributed by atoms with Gasteiger partial charge in [-0.1, -0.05) is 75.2 Å². The van der Waals surface area contributed by atoms with Gasteiger partial charge in [0.15, 0.2) is 0 Å². The highest BCUT2D eigenvalue weighted by Gasteiger charge is 2.13. The zero-order chi connectivity index (χ0) is 15.1. The summed E-state index contributed by atoms with van der Waals surface area (Å²) in [6.45, 7) is 4.22. The molecule has 2 rings (SSSR count). The molecule has 0 aromatic heterocycles. The molecular weight excluding hydrogens is 390 g/mol. The number of hydrogen-bond donors (Lipinski definition) is 1. The van der Waals surface area contributed by atoms with Gasteiger partial charge in [-0.15, -0.1) is 0 Å². The fourth-order valence-electron chi connectivity index (χ4n) is 2.51. The first-order chi connectivity index (χ1) is 10.2. The van der Waals surface area contributed by atoms with E-state index in [-0.39, 0.29) is 0 Å². The summed E-state index contributed by atoms with van der Waals surface area (Å²) in [5.74, 6) is 0.586. The molecule has 0 atom stereocenters. The average molecular weight is 411 g/mol. The van der Waals surface area contributed by atoms with Crippen LogP contribution in [0.5, 0.6) is 0 Å². The van der Waals surface area contributed by atoms with Crippen LogP contribution >= 0.6 is 31.9 Å². The van der Waals surface area contributed by atoms with Crippen molar-refractivity contribution in [2.45, 2.75) is 19.8 Å². The molecule has 0 unspecified atom stereocenters. The van der Waals surface area contributed by atoms with Gasteiger partial charge in [0, 0.05) is 8.95 Å². The highest BCUT2D eigenvalue weighted by Crippen LogP contribution is 2.24. The van der Waals surface area contributed by atoms with Crippen molar-refractivity contribution in [2.75, 3.05) is 13.1 Å². The highest BCUT2D eigenvalue weighted by atomic mass is 79.9. The van der Waals surface area contributed by atoms with E-state index < -0.39 is 0 Å². The van der Waals surface area contributed by atoms with Gasteiger partial charge in [-0.3, -0.25) is 0 Å². The van der Waals surface area contributed by atoms with Crippen molar-refractivity contribution in [3.63, 3.8) is 0 Å². The Morgan fingerprint density at radius 3 is 1.76 bits per heavy atom. The molecule has 0 spiro atoms. The maximum absolute atomic E-state index is 3.66.